The van der Waals surface area contributed by atoms with Gasteiger partial charge in [-0.2, -0.15) is 10.2 Å². The fourth-order valence-electron chi connectivity index (χ4n) is 1.62. The summed E-state index contributed by atoms with van der Waals surface area (Å²) in [5, 5.41) is 19.8. The van der Waals surface area contributed by atoms with Crippen LogP contribution >= 0.6 is 0 Å². The number of aliphatic hydroxyl groups is 1. The molecule has 0 radical (unpaired) electrons. The van der Waals surface area contributed by atoms with Crippen molar-refractivity contribution in [2.45, 2.75) is 13.0 Å². The number of nitrogens with zero attached hydrogens (tertiary/aromatic N) is 2. The van der Waals surface area contributed by atoms with Crippen molar-refractivity contribution >= 4 is 5.91 Å². The Balaban J connectivity index is 1.92. The molecule has 1 amide bonds. The molecule has 1 unspecified atom stereocenters. The molecule has 2 rings (SSSR count). The summed E-state index contributed by atoms with van der Waals surface area (Å²) in [4.78, 5) is 11.7. The Morgan fingerprint density at radius 2 is 2.00 bits per heavy atom. The number of hydrogen-bond acceptors (Lipinski definition) is 4. The number of carbonyl (C=O) groups is 1. The predicted octanol–water partition coefficient (Wildman–Crippen LogP) is 1.25. The Morgan fingerprint density at radius 3 is 2.63 bits per heavy atom. The molecule has 1 aromatic carbocycles. The molecule has 5 nitrogen and oxygen atoms in total. The van der Waals surface area contributed by atoms with Crippen molar-refractivity contribution in [3.05, 3.63) is 59.4 Å². The van der Waals surface area contributed by atoms with Crippen LogP contribution in [0.1, 0.15) is 27.6 Å². The molecule has 19 heavy (non-hydrogen) atoms. The number of benzene rings is 1. The van der Waals surface area contributed by atoms with E-state index in [-0.39, 0.29) is 12.5 Å². The quantitative estimate of drug-likeness (QED) is 0.864. The van der Waals surface area contributed by atoms with Gasteiger partial charge in [-0.15, -0.1) is 0 Å². The van der Waals surface area contributed by atoms with Crippen LogP contribution in [0.15, 0.2) is 42.7 Å². The Hall–Kier alpha value is -2.27. The molecular weight excluding hydrogens is 242 g/mol. The molecule has 0 saturated carbocycles. The van der Waals surface area contributed by atoms with E-state index in [9.17, 15) is 9.90 Å². The van der Waals surface area contributed by atoms with Gasteiger partial charge in [-0.3, -0.25) is 4.79 Å². The van der Waals surface area contributed by atoms with Crippen molar-refractivity contribution in [1.29, 1.82) is 0 Å². The lowest BCUT2D eigenvalue weighted by molar-refractivity contribution is 0.0915. The van der Waals surface area contributed by atoms with Crippen LogP contribution in [-0.4, -0.2) is 27.8 Å². The molecule has 0 aliphatic carbocycles. The number of aliphatic hydroxyl groups excluding tert-OH is 1. The van der Waals surface area contributed by atoms with Crippen molar-refractivity contribution in [3.63, 3.8) is 0 Å². The lowest BCUT2D eigenvalue weighted by atomic mass is 10.1. The van der Waals surface area contributed by atoms with Gasteiger partial charge in [0, 0.05) is 6.54 Å². The van der Waals surface area contributed by atoms with Crippen LogP contribution < -0.4 is 5.32 Å². The van der Waals surface area contributed by atoms with Gasteiger partial charge in [-0.25, -0.2) is 0 Å². The van der Waals surface area contributed by atoms with Crippen LogP contribution in [0.4, 0.5) is 0 Å². The molecule has 1 heterocycles. The fraction of sp³-hybridized carbons (Fsp3) is 0.214. The topological polar surface area (TPSA) is 75.1 Å². The summed E-state index contributed by atoms with van der Waals surface area (Å²) in [6.07, 6.45) is 2.11. The van der Waals surface area contributed by atoms with E-state index in [1.54, 1.807) is 6.07 Å². The lowest BCUT2D eigenvalue weighted by Crippen LogP contribution is -2.28. The van der Waals surface area contributed by atoms with Crippen LogP contribution in [0.3, 0.4) is 0 Å². The van der Waals surface area contributed by atoms with Gasteiger partial charge in [0.25, 0.3) is 5.91 Å². The maximum Gasteiger partial charge on any atom is 0.253 e. The number of rotatable bonds is 4. The third-order valence-corrected chi connectivity index (χ3v) is 2.76. The molecule has 0 aliphatic rings. The van der Waals surface area contributed by atoms with Crippen LogP contribution in [0, 0.1) is 6.92 Å². The number of amides is 1. The SMILES string of the molecule is Cc1ccc(C(O)CNC(=O)c2ccnnc2)cc1. The van der Waals surface area contributed by atoms with Gasteiger partial charge in [0.05, 0.1) is 24.1 Å². The van der Waals surface area contributed by atoms with Crippen LogP contribution in [0.2, 0.25) is 0 Å². The highest BCUT2D eigenvalue weighted by Crippen LogP contribution is 2.12. The van der Waals surface area contributed by atoms with Crippen LogP contribution in [-0.2, 0) is 0 Å². The minimum Gasteiger partial charge on any atom is -0.387 e. The number of aromatic nitrogens is 2. The molecule has 98 valence electrons. The smallest absolute Gasteiger partial charge is 0.253 e. The average molecular weight is 257 g/mol. The normalized spacial score (nSPS) is 11.9. The highest BCUT2D eigenvalue weighted by Gasteiger charge is 2.10. The highest BCUT2D eigenvalue weighted by molar-refractivity contribution is 5.93. The van der Waals surface area contributed by atoms with Crippen molar-refractivity contribution in [1.82, 2.24) is 15.5 Å². The lowest BCUT2D eigenvalue weighted by Gasteiger charge is -2.12. The molecular formula is C14H15N3O2. The van der Waals surface area contributed by atoms with Crippen LogP contribution in [0.5, 0.6) is 0 Å². The minimum absolute atomic E-state index is 0.157. The molecule has 2 aromatic rings. The van der Waals surface area contributed by atoms with Crippen molar-refractivity contribution < 1.29 is 9.90 Å². The zero-order valence-corrected chi connectivity index (χ0v) is 10.6. The first-order chi connectivity index (χ1) is 9.16. The van der Waals surface area contributed by atoms with E-state index < -0.39 is 6.10 Å². The summed E-state index contributed by atoms with van der Waals surface area (Å²) in [5.41, 5.74) is 2.33. The maximum absolute atomic E-state index is 11.7. The Morgan fingerprint density at radius 1 is 1.26 bits per heavy atom. The van der Waals surface area contributed by atoms with E-state index in [0.717, 1.165) is 11.1 Å². The van der Waals surface area contributed by atoms with E-state index in [2.05, 4.69) is 15.5 Å². The van der Waals surface area contributed by atoms with Gasteiger partial charge < -0.3 is 10.4 Å². The first-order valence-electron chi connectivity index (χ1n) is 5.96. The Labute approximate surface area is 111 Å². The second-order valence-electron chi connectivity index (χ2n) is 4.27. The molecule has 0 saturated heterocycles. The van der Waals surface area contributed by atoms with Crippen molar-refractivity contribution in [2.24, 2.45) is 0 Å². The molecule has 1 aromatic heterocycles. The standard InChI is InChI=1S/C14H15N3O2/c1-10-2-4-11(5-3-10)13(18)9-15-14(19)12-6-7-16-17-8-12/h2-8,13,18H,9H2,1H3,(H,15,19). The second-order valence-corrected chi connectivity index (χ2v) is 4.27. The average Bonchev–Trinajstić information content (AvgIpc) is 2.46. The number of carbonyl (C=O) groups excluding carboxylic acids is 1. The first-order valence-corrected chi connectivity index (χ1v) is 5.96. The molecule has 5 heteroatoms. The van der Waals surface area contributed by atoms with E-state index in [1.165, 1.54) is 12.4 Å². The van der Waals surface area contributed by atoms with Gasteiger partial charge in [0.1, 0.15) is 0 Å². The summed E-state index contributed by atoms with van der Waals surface area (Å²) in [7, 11) is 0. The van der Waals surface area contributed by atoms with E-state index >= 15 is 0 Å². The van der Waals surface area contributed by atoms with Gasteiger partial charge in [0.15, 0.2) is 0 Å². The van der Waals surface area contributed by atoms with Gasteiger partial charge >= 0.3 is 0 Å². The number of nitrogens with one attached hydrogen (secondary N) is 1. The molecule has 0 fully saturated rings. The largest absolute Gasteiger partial charge is 0.387 e. The third-order valence-electron chi connectivity index (χ3n) is 2.76. The van der Waals surface area contributed by atoms with E-state index in [0.29, 0.717) is 5.56 Å². The van der Waals surface area contributed by atoms with Gasteiger partial charge in [0.2, 0.25) is 0 Å². The summed E-state index contributed by atoms with van der Waals surface area (Å²) in [6.45, 7) is 2.14. The number of aryl methyl sites for hydroxylation is 1. The van der Waals surface area contributed by atoms with Gasteiger partial charge in [-0.1, -0.05) is 29.8 Å². The maximum atomic E-state index is 11.7. The summed E-state index contributed by atoms with van der Waals surface area (Å²) >= 11 is 0. The van der Waals surface area contributed by atoms with Crippen molar-refractivity contribution in [3.8, 4) is 0 Å². The van der Waals surface area contributed by atoms with E-state index in [1.807, 2.05) is 31.2 Å². The zero-order valence-electron chi connectivity index (χ0n) is 10.6. The molecule has 0 aliphatic heterocycles. The second kappa shape index (κ2) is 6.06. The predicted molar refractivity (Wildman–Crippen MR) is 70.5 cm³/mol. The van der Waals surface area contributed by atoms with Crippen LogP contribution in [0.25, 0.3) is 0 Å². The minimum atomic E-state index is -0.723. The number of hydrogen-bond donors (Lipinski definition) is 2. The summed E-state index contributed by atoms with van der Waals surface area (Å²) < 4.78 is 0. The molecule has 0 spiro atoms. The Kier molecular flexibility index (Phi) is 4.20. The monoisotopic (exact) mass is 257 g/mol. The molecule has 1 atom stereocenters. The third kappa shape index (κ3) is 3.59. The fourth-order valence-corrected chi connectivity index (χ4v) is 1.62. The highest BCUT2D eigenvalue weighted by atomic mass is 16.3. The molecule has 0 bridgehead atoms. The zero-order chi connectivity index (χ0) is 13.7. The summed E-state index contributed by atoms with van der Waals surface area (Å²) in [6, 6.07) is 9.11. The van der Waals surface area contributed by atoms with Gasteiger partial charge in [-0.05, 0) is 18.6 Å². The van der Waals surface area contributed by atoms with Crippen molar-refractivity contribution in [2.75, 3.05) is 6.54 Å². The first kappa shape index (κ1) is 13.2. The Bertz CT molecular complexity index is 540. The van der Waals surface area contributed by atoms with E-state index in [4.69, 9.17) is 0 Å². The molecule has 2 N–H and O–H groups in total. The summed E-state index contributed by atoms with van der Waals surface area (Å²) in [5.74, 6) is -0.277.